The van der Waals surface area contributed by atoms with Crippen LogP contribution in [0.4, 0.5) is 19.1 Å². The monoisotopic (exact) mass is 405 g/mol. The Kier molecular flexibility index (Phi) is 5.99. The topological polar surface area (TPSA) is 53.9 Å². The molecule has 4 heterocycles. The van der Waals surface area contributed by atoms with Gasteiger partial charge in [-0.15, -0.1) is 0 Å². The Labute approximate surface area is 168 Å². The molecule has 5 nitrogen and oxygen atoms in total. The average Bonchev–Trinajstić information content (AvgIpc) is 2.74. The molecule has 29 heavy (non-hydrogen) atoms. The van der Waals surface area contributed by atoms with Crippen LogP contribution >= 0.6 is 0 Å². The zero-order valence-corrected chi connectivity index (χ0v) is 16.4. The first kappa shape index (κ1) is 20.1. The highest BCUT2D eigenvalue weighted by Crippen LogP contribution is 2.30. The Balaban J connectivity index is 1.64. The number of pyridine rings is 1. The predicted octanol–water partition coefficient (Wildman–Crippen LogP) is 3.94. The number of halogens is 3. The molecular formula is C21H26F3N5. The fourth-order valence-corrected chi connectivity index (χ4v) is 4.09. The smallest absolute Gasteiger partial charge is 0.341 e. The number of piperidine rings is 2. The van der Waals surface area contributed by atoms with Crippen molar-refractivity contribution < 1.29 is 13.2 Å². The second-order valence-electron chi connectivity index (χ2n) is 7.87. The molecule has 0 atom stereocenters. The molecule has 0 radical (unpaired) electrons. The van der Waals surface area contributed by atoms with Crippen molar-refractivity contribution in [3.63, 3.8) is 0 Å². The van der Waals surface area contributed by atoms with Crippen molar-refractivity contribution in [2.75, 3.05) is 31.1 Å². The molecule has 0 amide bonds. The second kappa shape index (κ2) is 8.65. The summed E-state index contributed by atoms with van der Waals surface area (Å²) in [5, 5.41) is 3.37. The molecule has 0 bridgehead atoms. The van der Waals surface area contributed by atoms with Gasteiger partial charge in [-0.25, -0.2) is 9.97 Å². The van der Waals surface area contributed by atoms with Crippen molar-refractivity contribution in [3.8, 4) is 0 Å². The van der Waals surface area contributed by atoms with Crippen LogP contribution in [0.2, 0.25) is 0 Å². The summed E-state index contributed by atoms with van der Waals surface area (Å²) in [5.41, 5.74) is 1.44. The molecule has 1 N–H and O–H groups in total. The first-order chi connectivity index (χ1) is 14.0. The molecule has 8 heteroatoms. The van der Waals surface area contributed by atoms with Gasteiger partial charge in [-0.05, 0) is 63.4 Å². The minimum atomic E-state index is -4.37. The molecule has 2 saturated heterocycles. The summed E-state index contributed by atoms with van der Waals surface area (Å²) in [6, 6.07) is 4.08. The number of hydrogen-bond acceptors (Lipinski definition) is 5. The van der Waals surface area contributed by atoms with Crippen LogP contribution in [0.5, 0.6) is 0 Å². The highest BCUT2D eigenvalue weighted by Gasteiger charge is 2.30. The van der Waals surface area contributed by atoms with Gasteiger partial charge in [0.15, 0.2) is 0 Å². The van der Waals surface area contributed by atoms with Crippen LogP contribution in [0.15, 0.2) is 24.4 Å². The molecule has 4 rings (SSSR count). The van der Waals surface area contributed by atoms with Gasteiger partial charge < -0.3 is 10.2 Å². The van der Waals surface area contributed by atoms with Crippen molar-refractivity contribution in [2.45, 2.75) is 50.6 Å². The van der Waals surface area contributed by atoms with E-state index in [2.05, 4.69) is 15.2 Å². The highest BCUT2D eigenvalue weighted by atomic mass is 19.4. The zero-order chi connectivity index (χ0) is 20.3. The number of rotatable bonds is 4. The van der Waals surface area contributed by atoms with Gasteiger partial charge in [0.05, 0.1) is 11.3 Å². The van der Waals surface area contributed by atoms with Crippen LogP contribution in [0, 0.1) is 0 Å². The fourth-order valence-electron chi connectivity index (χ4n) is 4.09. The SMILES string of the molecule is FC(F)(F)c1ccnc(Cc2cc(C3CCNCC3)nc(N3CCCCC3)n2)c1. The Morgan fingerprint density at radius 3 is 2.48 bits per heavy atom. The lowest BCUT2D eigenvalue weighted by Crippen LogP contribution is -2.32. The summed E-state index contributed by atoms with van der Waals surface area (Å²) in [6.07, 6.45) is 2.59. The maximum Gasteiger partial charge on any atom is 0.416 e. The van der Waals surface area contributed by atoms with Gasteiger partial charge in [0.1, 0.15) is 0 Å². The number of nitrogens with zero attached hydrogens (tertiary/aromatic N) is 4. The number of aromatic nitrogens is 3. The third-order valence-corrected chi connectivity index (χ3v) is 5.69. The van der Waals surface area contributed by atoms with Crippen molar-refractivity contribution >= 4 is 5.95 Å². The number of alkyl halides is 3. The largest absolute Gasteiger partial charge is 0.416 e. The maximum atomic E-state index is 13.1. The summed E-state index contributed by atoms with van der Waals surface area (Å²) in [4.78, 5) is 15.9. The molecule has 0 spiro atoms. The molecule has 0 aromatic carbocycles. The zero-order valence-electron chi connectivity index (χ0n) is 16.4. The lowest BCUT2D eigenvalue weighted by Gasteiger charge is -2.29. The first-order valence-electron chi connectivity index (χ1n) is 10.3. The van der Waals surface area contributed by atoms with E-state index >= 15 is 0 Å². The number of anilines is 1. The standard InChI is InChI=1S/C21H26F3N5/c22-21(23,24)16-6-9-26-17(12-16)13-18-14-19(15-4-7-25-8-5-15)28-20(27-18)29-10-2-1-3-11-29/h6,9,12,14-15,25H,1-5,7-8,10-11,13H2. The molecule has 0 aliphatic carbocycles. The van der Waals surface area contributed by atoms with Gasteiger partial charge in [-0.3, -0.25) is 4.98 Å². The van der Waals surface area contributed by atoms with Gasteiger partial charge in [0.25, 0.3) is 0 Å². The molecular weight excluding hydrogens is 379 g/mol. The lowest BCUT2D eigenvalue weighted by molar-refractivity contribution is -0.137. The van der Waals surface area contributed by atoms with Crippen LogP contribution in [-0.4, -0.2) is 41.1 Å². The van der Waals surface area contributed by atoms with Crippen LogP contribution in [-0.2, 0) is 12.6 Å². The molecule has 2 fully saturated rings. The summed E-state index contributed by atoms with van der Waals surface area (Å²) in [7, 11) is 0. The van der Waals surface area contributed by atoms with Gasteiger partial charge in [0, 0.05) is 43.0 Å². The third-order valence-electron chi connectivity index (χ3n) is 5.69. The molecule has 0 unspecified atom stereocenters. The van der Waals surface area contributed by atoms with E-state index in [1.165, 1.54) is 12.6 Å². The lowest BCUT2D eigenvalue weighted by atomic mass is 9.93. The number of nitrogens with one attached hydrogen (secondary N) is 1. The van der Waals surface area contributed by atoms with E-state index in [4.69, 9.17) is 9.97 Å². The first-order valence-corrected chi connectivity index (χ1v) is 10.3. The van der Waals surface area contributed by atoms with E-state index in [0.717, 1.165) is 75.4 Å². The Morgan fingerprint density at radius 1 is 1.00 bits per heavy atom. The Morgan fingerprint density at radius 2 is 1.76 bits per heavy atom. The molecule has 0 saturated carbocycles. The molecule has 2 aliphatic heterocycles. The summed E-state index contributed by atoms with van der Waals surface area (Å²) >= 11 is 0. The van der Waals surface area contributed by atoms with Crippen molar-refractivity contribution in [3.05, 3.63) is 47.0 Å². The van der Waals surface area contributed by atoms with E-state index in [-0.39, 0.29) is 6.42 Å². The Hall–Kier alpha value is -2.22. The van der Waals surface area contributed by atoms with E-state index in [0.29, 0.717) is 17.6 Å². The summed E-state index contributed by atoms with van der Waals surface area (Å²) in [5.74, 6) is 1.07. The van der Waals surface area contributed by atoms with Crippen LogP contribution < -0.4 is 10.2 Å². The second-order valence-corrected chi connectivity index (χ2v) is 7.87. The van der Waals surface area contributed by atoms with Crippen LogP contribution in [0.1, 0.15) is 60.7 Å². The van der Waals surface area contributed by atoms with Gasteiger partial charge in [-0.1, -0.05) is 0 Å². The van der Waals surface area contributed by atoms with Crippen molar-refractivity contribution in [1.82, 2.24) is 20.3 Å². The van der Waals surface area contributed by atoms with Gasteiger partial charge >= 0.3 is 6.18 Å². The van der Waals surface area contributed by atoms with Gasteiger partial charge in [-0.2, -0.15) is 13.2 Å². The number of hydrogen-bond donors (Lipinski definition) is 1. The van der Waals surface area contributed by atoms with E-state index < -0.39 is 11.7 Å². The minimum Gasteiger partial charge on any atom is -0.341 e. The van der Waals surface area contributed by atoms with Crippen LogP contribution in [0.25, 0.3) is 0 Å². The molecule has 2 aromatic heterocycles. The van der Waals surface area contributed by atoms with Crippen molar-refractivity contribution in [2.24, 2.45) is 0 Å². The highest BCUT2D eigenvalue weighted by molar-refractivity contribution is 5.35. The van der Waals surface area contributed by atoms with Crippen molar-refractivity contribution in [1.29, 1.82) is 0 Å². The van der Waals surface area contributed by atoms with E-state index in [9.17, 15) is 13.2 Å². The molecule has 2 aliphatic rings. The predicted molar refractivity (Wildman–Crippen MR) is 105 cm³/mol. The summed E-state index contributed by atoms with van der Waals surface area (Å²) in [6.45, 7) is 3.77. The quantitative estimate of drug-likeness (QED) is 0.835. The fraction of sp³-hybridized carbons (Fsp3) is 0.571. The summed E-state index contributed by atoms with van der Waals surface area (Å²) < 4.78 is 39.2. The maximum absolute atomic E-state index is 13.1. The van der Waals surface area contributed by atoms with E-state index in [1.807, 2.05) is 6.07 Å². The molecule has 156 valence electrons. The normalized spacial score (nSPS) is 18.8. The molecule has 2 aromatic rings. The Bertz CT molecular complexity index is 791. The average molecular weight is 405 g/mol. The minimum absolute atomic E-state index is 0.269. The van der Waals surface area contributed by atoms with Crippen LogP contribution in [0.3, 0.4) is 0 Å². The van der Waals surface area contributed by atoms with E-state index in [1.54, 1.807) is 0 Å². The van der Waals surface area contributed by atoms with Gasteiger partial charge in [0.2, 0.25) is 5.95 Å². The third kappa shape index (κ3) is 5.04.